The number of nitro benzene ring substituents is 1. The Morgan fingerprint density at radius 2 is 2.05 bits per heavy atom. The van der Waals surface area contributed by atoms with Crippen molar-refractivity contribution in [2.45, 2.75) is 6.92 Å². The number of nitrogens with zero attached hydrogens (tertiary/aromatic N) is 3. The number of amides is 1. The molecule has 0 saturated carbocycles. The molecular formula is C12H12N4O5S. The third-order valence-corrected chi connectivity index (χ3v) is 3.45. The molecule has 0 fully saturated rings. The molecule has 0 spiro atoms. The summed E-state index contributed by atoms with van der Waals surface area (Å²) in [6.45, 7) is 1.74. The van der Waals surface area contributed by atoms with Gasteiger partial charge in [0.1, 0.15) is 16.3 Å². The van der Waals surface area contributed by atoms with Crippen LogP contribution in [0.3, 0.4) is 0 Å². The molecule has 0 radical (unpaired) electrons. The summed E-state index contributed by atoms with van der Waals surface area (Å²) >= 11 is 1.18. The number of aryl methyl sites for hydroxylation is 1. The normalized spacial score (nSPS) is 10.1. The number of nitro groups is 1. The first-order chi connectivity index (χ1) is 10.5. The summed E-state index contributed by atoms with van der Waals surface area (Å²) in [4.78, 5) is 22.8. The van der Waals surface area contributed by atoms with E-state index in [9.17, 15) is 14.9 Å². The van der Waals surface area contributed by atoms with E-state index < -0.39 is 10.8 Å². The van der Waals surface area contributed by atoms with Crippen molar-refractivity contribution in [3.63, 3.8) is 0 Å². The molecule has 1 heterocycles. The molecule has 0 unspecified atom stereocenters. The van der Waals surface area contributed by atoms with Gasteiger partial charge in [-0.2, -0.15) is 0 Å². The van der Waals surface area contributed by atoms with E-state index >= 15 is 0 Å². The summed E-state index contributed by atoms with van der Waals surface area (Å²) in [6.07, 6.45) is 0. The number of carbonyl (C=O) groups excluding carboxylic acids is 1. The van der Waals surface area contributed by atoms with E-state index in [1.807, 2.05) is 0 Å². The fourth-order valence-corrected chi connectivity index (χ4v) is 2.38. The highest BCUT2D eigenvalue weighted by Gasteiger charge is 2.27. The molecular weight excluding hydrogens is 312 g/mol. The minimum absolute atomic E-state index is 0.0768. The van der Waals surface area contributed by atoms with E-state index in [0.29, 0.717) is 5.01 Å². The van der Waals surface area contributed by atoms with Crippen LogP contribution >= 0.6 is 11.3 Å². The lowest BCUT2D eigenvalue weighted by Gasteiger charge is -2.12. The van der Waals surface area contributed by atoms with Gasteiger partial charge in [-0.3, -0.25) is 20.2 Å². The van der Waals surface area contributed by atoms with Gasteiger partial charge in [0.25, 0.3) is 5.91 Å². The lowest BCUT2D eigenvalue weighted by atomic mass is 10.1. The highest BCUT2D eigenvalue weighted by molar-refractivity contribution is 7.15. The van der Waals surface area contributed by atoms with Crippen LogP contribution in [0, 0.1) is 17.0 Å². The molecule has 1 aromatic carbocycles. The van der Waals surface area contributed by atoms with E-state index in [4.69, 9.17) is 9.47 Å². The molecule has 1 N–H and O–H groups in total. The van der Waals surface area contributed by atoms with Gasteiger partial charge >= 0.3 is 5.69 Å². The van der Waals surface area contributed by atoms with Crippen LogP contribution < -0.4 is 14.8 Å². The fraction of sp³-hybridized carbons (Fsp3) is 0.250. The topological polar surface area (TPSA) is 116 Å². The molecule has 0 atom stereocenters. The second-order valence-electron chi connectivity index (χ2n) is 4.03. The Hall–Kier alpha value is -2.75. The molecule has 2 aromatic rings. The smallest absolute Gasteiger partial charge is 0.312 e. The van der Waals surface area contributed by atoms with E-state index in [1.165, 1.54) is 37.7 Å². The first-order valence-electron chi connectivity index (χ1n) is 5.98. The van der Waals surface area contributed by atoms with Gasteiger partial charge in [-0.05, 0) is 13.0 Å². The van der Waals surface area contributed by atoms with Crippen molar-refractivity contribution < 1.29 is 19.2 Å². The molecule has 9 nitrogen and oxygen atoms in total. The Bertz CT molecular complexity index is 730. The third kappa shape index (κ3) is 2.96. The van der Waals surface area contributed by atoms with Gasteiger partial charge in [-0.15, -0.1) is 10.2 Å². The molecule has 0 aliphatic heterocycles. The molecule has 22 heavy (non-hydrogen) atoms. The summed E-state index contributed by atoms with van der Waals surface area (Å²) < 4.78 is 10.1. The second-order valence-corrected chi connectivity index (χ2v) is 5.21. The molecule has 0 bridgehead atoms. The fourth-order valence-electron chi connectivity index (χ4n) is 1.80. The molecule has 0 saturated heterocycles. The Morgan fingerprint density at radius 3 is 2.55 bits per heavy atom. The zero-order valence-electron chi connectivity index (χ0n) is 11.9. The van der Waals surface area contributed by atoms with Gasteiger partial charge in [0.05, 0.1) is 19.1 Å². The van der Waals surface area contributed by atoms with E-state index in [0.717, 1.165) is 0 Å². The Labute approximate surface area is 129 Å². The molecule has 0 aliphatic carbocycles. The summed E-state index contributed by atoms with van der Waals surface area (Å²) in [5.41, 5.74) is -0.408. The average molecular weight is 324 g/mol. The molecule has 0 aliphatic rings. The van der Waals surface area contributed by atoms with Gasteiger partial charge in [-0.1, -0.05) is 11.3 Å². The number of carbonyl (C=O) groups is 1. The first-order valence-corrected chi connectivity index (χ1v) is 6.80. The van der Waals surface area contributed by atoms with Crippen molar-refractivity contribution >= 4 is 28.1 Å². The Balaban J connectivity index is 2.48. The standard InChI is InChI=1S/C12H12N4O5S/c1-6-14-15-12(22-6)13-11(17)9-8(20-2)5-4-7(16(18)19)10(9)21-3/h4-5H,1-3H3,(H,13,15,17). The zero-order chi connectivity index (χ0) is 16.3. The first kappa shape index (κ1) is 15.6. The number of aromatic nitrogens is 2. The largest absolute Gasteiger partial charge is 0.496 e. The van der Waals surface area contributed by atoms with Crippen LogP contribution in [0.4, 0.5) is 10.8 Å². The van der Waals surface area contributed by atoms with Crippen molar-refractivity contribution in [3.8, 4) is 11.5 Å². The number of hydrogen-bond acceptors (Lipinski definition) is 8. The maximum absolute atomic E-state index is 12.4. The van der Waals surface area contributed by atoms with Gasteiger partial charge in [0.2, 0.25) is 10.9 Å². The van der Waals surface area contributed by atoms with Crippen LogP contribution in [0.15, 0.2) is 12.1 Å². The van der Waals surface area contributed by atoms with Crippen LogP contribution in [-0.2, 0) is 0 Å². The van der Waals surface area contributed by atoms with Crippen LogP contribution in [0.5, 0.6) is 11.5 Å². The number of hydrogen-bond donors (Lipinski definition) is 1. The predicted molar refractivity (Wildman–Crippen MR) is 78.8 cm³/mol. The van der Waals surface area contributed by atoms with Crippen molar-refractivity contribution in [2.24, 2.45) is 0 Å². The number of methoxy groups -OCH3 is 2. The number of benzene rings is 1. The molecule has 1 aromatic heterocycles. The van der Waals surface area contributed by atoms with E-state index in [1.54, 1.807) is 6.92 Å². The molecule has 10 heteroatoms. The Morgan fingerprint density at radius 1 is 1.32 bits per heavy atom. The van der Waals surface area contributed by atoms with Crippen molar-refractivity contribution in [1.29, 1.82) is 0 Å². The van der Waals surface area contributed by atoms with Gasteiger partial charge in [0, 0.05) is 6.07 Å². The van der Waals surface area contributed by atoms with E-state index in [-0.39, 0.29) is 27.9 Å². The highest BCUT2D eigenvalue weighted by atomic mass is 32.1. The Kier molecular flexibility index (Phi) is 4.51. The van der Waals surface area contributed by atoms with Crippen LogP contribution in [0.1, 0.15) is 15.4 Å². The van der Waals surface area contributed by atoms with Crippen LogP contribution in [0.25, 0.3) is 0 Å². The van der Waals surface area contributed by atoms with Gasteiger partial charge < -0.3 is 9.47 Å². The summed E-state index contributed by atoms with van der Waals surface area (Å²) in [5.74, 6) is -0.655. The molecule has 2 rings (SSSR count). The second kappa shape index (κ2) is 6.35. The third-order valence-electron chi connectivity index (χ3n) is 2.69. The zero-order valence-corrected chi connectivity index (χ0v) is 12.8. The minimum Gasteiger partial charge on any atom is -0.496 e. The summed E-state index contributed by atoms with van der Waals surface area (Å²) in [7, 11) is 2.60. The SMILES string of the molecule is COc1ccc([N+](=O)[O-])c(OC)c1C(=O)Nc1nnc(C)s1. The maximum atomic E-state index is 12.4. The van der Waals surface area contributed by atoms with E-state index in [2.05, 4.69) is 15.5 Å². The highest BCUT2D eigenvalue weighted by Crippen LogP contribution is 2.37. The quantitative estimate of drug-likeness (QED) is 0.660. The predicted octanol–water partition coefficient (Wildman–Crippen LogP) is 2.02. The van der Waals surface area contributed by atoms with Crippen molar-refractivity contribution in [2.75, 3.05) is 19.5 Å². The lowest BCUT2D eigenvalue weighted by Crippen LogP contribution is -2.15. The molecule has 1 amide bonds. The number of anilines is 1. The van der Waals surface area contributed by atoms with Gasteiger partial charge in [-0.25, -0.2) is 0 Å². The average Bonchev–Trinajstić information content (AvgIpc) is 2.90. The maximum Gasteiger partial charge on any atom is 0.312 e. The monoisotopic (exact) mass is 324 g/mol. The van der Waals surface area contributed by atoms with Gasteiger partial charge in [0.15, 0.2) is 0 Å². The lowest BCUT2D eigenvalue weighted by molar-refractivity contribution is -0.385. The number of nitrogens with one attached hydrogen (secondary N) is 1. The van der Waals surface area contributed by atoms with Crippen molar-refractivity contribution in [1.82, 2.24) is 10.2 Å². The minimum atomic E-state index is -0.635. The van der Waals surface area contributed by atoms with Crippen molar-refractivity contribution in [3.05, 3.63) is 32.8 Å². The number of ether oxygens (including phenoxy) is 2. The van der Waals surface area contributed by atoms with Crippen LogP contribution in [0.2, 0.25) is 0 Å². The van der Waals surface area contributed by atoms with Crippen LogP contribution in [-0.4, -0.2) is 35.2 Å². The number of rotatable bonds is 5. The molecule has 116 valence electrons. The summed E-state index contributed by atoms with van der Waals surface area (Å²) in [6, 6.07) is 2.55. The summed E-state index contributed by atoms with van der Waals surface area (Å²) in [5, 5.41) is 22.1.